The number of nitrogens with two attached hydrogens (primary N) is 1. The number of methoxy groups -OCH3 is 1. The average Bonchev–Trinajstić information content (AvgIpc) is 3.15. The molecular formula is C26H30N4O2. The fourth-order valence-electron chi connectivity index (χ4n) is 4.96. The van der Waals surface area contributed by atoms with Crippen LogP contribution in [0, 0.1) is 6.92 Å². The summed E-state index contributed by atoms with van der Waals surface area (Å²) in [5.41, 5.74) is 12.4. The van der Waals surface area contributed by atoms with Gasteiger partial charge >= 0.3 is 0 Å². The van der Waals surface area contributed by atoms with Crippen molar-refractivity contribution in [1.82, 2.24) is 14.3 Å². The van der Waals surface area contributed by atoms with Gasteiger partial charge in [-0.05, 0) is 61.4 Å². The van der Waals surface area contributed by atoms with Crippen LogP contribution in [0.15, 0.2) is 47.3 Å². The van der Waals surface area contributed by atoms with E-state index in [0.29, 0.717) is 25.0 Å². The topological polar surface area (TPSA) is 75.1 Å². The zero-order valence-electron chi connectivity index (χ0n) is 18.8. The molecule has 2 aromatic carbocycles. The molecule has 2 heterocycles. The Labute approximate surface area is 187 Å². The molecule has 0 aliphatic heterocycles. The van der Waals surface area contributed by atoms with Crippen molar-refractivity contribution < 1.29 is 4.74 Å². The number of nitrogens with zero attached hydrogens (tertiary/aromatic N) is 3. The lowest BCUT2D eigenvalue weighted by molar-refractivity contribution is 0.0949. The summed E-state index contributed by atoms with van der Waals surface area (Å²) in [6, 6.07) is 14.7. The molecule has 32 heavy (non-hydrogen) atoms. The van der Waals surface area contributed by atoms with E-state index in [-0.39, 0.29) is 11.7 Å². The first-order valence-corrected chi connectivity index (χ1v) is 11.4. The number of ether oxygens (including phenoxy) is 1. The third-order valence-electron chi connectivity index (χ3n) is 6.83. The van der Waals surface area contributed by atoms with Gasteiger partial charge in [0.15, 0.2) is 0 Å². The van der Waals surface area contributed by atoms with Gasteiger partial charge in [0, 0.05) is 24.7 Å². The van der Waals surface area contributed by atoms with Crippen molar-refractivity contribution in [2.24, 2.45) is 5.73 Å². The molecule has 1 atom stereocenters. The van der Waals surface area contributed by atoms with Crippen LogP contribution in [0.1, 0.15) is 35.2 Å². The molecule has 0 spiro atoms. The summed E-state index contributed by atoms with van der Waals surface area (Å²) in [7, 11) is 1.65. The van der Waals surface area contributed by atoms with Crippen LogP contribution in [0.3, 0.4) is 0 Å². The molecule has 2 aromatic heterocycles. The summed E-state index contributed by atoms with van der Waals surface area (Å²) in [4.78, 5) is 13.8. The lowest BCUT2D eigenvalue weighted by atomic mass is 9.90. The van der Waals surface area contributed by atoms with E-state index in [1.807, 2.05) is 34.4 Å². The minimum atomic E-state index is -0.218. The zero-order valence-corrected chi connectivity index (χ0v) is 18.8. The minimum Gasteiger partial charge on any atom is -0.378 e. The fourth-order valence-corrected chi connectivity index (χ4v) is 4.96. The summed E-state index contributed by atoms with van der Waals surface area (Å²) < 4.78 is 9.36. The van der Waals surface area contributed by atoms with Crippen LogP contribution >= 0.6 is 0 Å². The van der Waals surface area contributed by atoms with Crippen LogP contribution in [0.5, 0.6) is 0 Å². The first-order valence-electron chi connectivity index (χ1n) is 11.4. The van der Waals surface area contributed by atoms with Crippen LogP contribution in [0.25, 0.3) is 21.8 Å². The number of hydrogen-bond donors (Lipinski definition) is 1. The summed E-state index contributed by atoms with van der Waals surface area (Å²) in [5.74, 6) is 0. The standard InChI is InChI=1S/C26H30N4O2/c1-17-24-25(28-30(17)15-18-8-4-3-5-9-18)22-12-19-10-6-7-11-20(19)13-23(22)29(26(24)31)16-21(14-27)32-2/h3-5,8-9,12-13,21H,6-7,10-11,14-16,27H2,1-2H3. The molecule has 6 nitrogen and oxygen atoms in total. The maximum atomic E-state index is 13.8. The number of hydrogen-bond acceptors (Lipinski definition) is 4. The Morgan fingerprint density at radius 1 is 1.12 bits per heavy atom. The van der Waals surface area contributed by atoms with Gasteiger partial charge in [0.2, 0.25) is 0 Å². The Morgan fingerprint density at radius 2 is 1.84 bits per heavy atom. The van der Waals surface area contributed by atoms with Crippen LogP contribution in [0.4, 0.5) is 0 Å². The van der Waals surface area contributed by atoms with Gasteiger partial charge in [-0.25, -0.2) is 0 Å². The molecule has 1 unspecified atom stereocenters. The van der Waals surface area contributed by atoms with E-state index in [0.717, 1.165) is 40.5 Å². The quantitative estimate of drug-likeness (QED) is 0.508. The van der Waals surface area contributed by atoms with Crippen LogP contribution in [-0.2, 0) is 30.7 Å². The van der Waals surface area contributed by atoms with Gasteiger partial charge in [0.05, 0.1) is 30.1 Å². The van der Waals surface area contributed by atoms with Gasteiger partial charge in [-0.1, -0.05) is 30.3 Å². The summed E-state index contributed by atoms with van der Waals surface area (Å²) in [5, 5.41) is 6.69. The fraction of sp³-hybridized carbons (Fsp3) is 0.385. The number of pyridine rings is 1. The third-order valence-corrected chi connectivity index (χ3v) is 6.83. The van der Waals surface area contributed by atoms with Gasteiger partial charge < -0.3 is 15.0 Å². The Morgan fingerprint density at radius 3 is 2.53 bits per heavy atom. The molecule has 4 aromatic rings. The van der Waals surface area contributed by atoms with Gasteiger partial charge in [-0.3, -0.25) is 9.48 Å². The Hall–Kier alpha value is -2.96. The van der Waals surface area contributed by atoms with Crippen molar-refractivity contribution in [1.29, 1.82) is 0 Å². The van der Waals surface area contributed by atoms with Crippen molar-refractivity contribution in [3.8, 4) is 0 Å². The van der Waals surface area contributed by atoms with E-state index in [4.69, 9.17) is 15.6 Å². The van der Waals surface area contributed by atoms with Crippen molar-refractivity contribution in [2.45, 2.75) is 51.8 Å². The lowest BCUT2D eigenvalue weighted by Crippen LogP contribution is -2.33. The van der Waals surface area contributed by atoms with Gasteiger partial charge in [-0.15, -0.1) is 0 Å². The normalized spacial score (nSPS) is 14.7. The van der Waals surface area contributed by atoms with E-state index < -0.39 is 0 Å². The highest BCUT2D eigenvalue weighted by Crippen LogP contribution is 2.31. The van der Waals surface area contributed by atoms with Gasteiger partial charge in [-0.2, -0.15) is 5.10 Å². The molecule has 0 saturated heterocycles. The predicted octanol–water partition coefficient (Wildman–Crippen LogP) is 3.56. The Balaban J connectivity index is 1.78. The Kier molecular flexibility index (Phi) is 5.57. The molecule has 0 bridgehead atoms. The van der Waals surface area contributed by atoms with Crippen LogP contribution < -0.4 is 11.3 Å². The van der Waals surface area contributed by atoms with Crippen molar-refractivity contribution >= 4 is 21.8 Å². The highest BCUT2D eigenvalue weighted by atomic mass is 16.5. The monoisotopic (exact) mass is 430 g/mol. The van der Waals surface area contributed by atoms with Gasteiger partial charge in [0.1, 0.15) is 5.52 Å². The largest absolute Gasteiger partial charge is 0.378 e. The summed E-state index contributed by atoms with van der Waals surface area (Å²) in [6.07, 6.45) is 4.33. The second-order valence-electron chi connectivity index (χ2n) is 8.81. The second-order valence-corrected chi connectivity index (χ2v) is 8.81. The van der Waals surface area contributed by atoms with Crippen LogP contribution in [-0.4, -0.2) is 34.1 Å². The Bertz CT molecular complexity index is 1330. The van der Waals surface area contributed by atoms with Gasteiger partial charge in [0.25, 0.3) is 5.56 Å². The van der Waals surface area contributed by atoms with E-state index in [9.17, 15) is 4.79 Å². The molecule has 0 radical (unpaired) electrons. The van der Waals surface area contributed by atoms with E-state index in [2.05, 4.69) is 24.3 Å². The van der Waals surface area contributed by atoms with Crippen LogP contribution in [0.2, 0.25) is 0 Å². The molecular weight excluding hydrogens is 400 g/mol. The van der Waals surface area contributed by atoms with Crippen molar-refractivity contribution in [3.63, 3.8) is 0 Å². The maximum Gasteiger partial charge on any atom is 0.262 e. The number of rotatable bonds is 6. The highest BCUT2D eigenvalue weighted by Gasteiger charge is 2.22. The first kappa shape index (κ1) is 20.9. The highest BCUT2D eigenvalue weighted by molar-refractivity contribution is 6.04. The molecule has 0 fully saturated rings. The summed E-state index contributed by atoms with van der Waals surface area (Å²) in [6.45, 7) is 3.42. The smallest absolute Gasteiger partial charge is 0.262 e. The molecule has 6 heteroatoms. The SMILES string of the molecule is COC(CN)Cn1c(=O)c2c(C)n(Cc3ccccc3)nc2c2cc3c(cc21)CCCC3. The first-order chi connectivity index (χ1) is 15.6. The zero-order chi connectivity index (χ0) is 22.2. The van der Waals surface area contributed by atoms with E-state index in [1.165, 1.54) is 24.0 Å². The van der Waals surface area contributed by atoms with Crippen molar-refractivity contribution in [3.05, 3.63) is 75.2 Å². The molecule has 2 N–H and O–H groups in total. The number of aryl methyl sites for hydroxylation is 3. The number of fused-ring (bicyclic) bond motifs is 4. The molecule has 5 rings (SSSR count). The van der Waals surface area contributed by atoms with E-state index in [1.54, 1.807) is 7.11 Å². The van der Waals surface area contributed by atoms with E-state index >= 15 is 0 Å². The second kappa shape index (κ2) is 8.52. The van der Waals surface area contributed by atoms with Crippen molar-refractivity contribution in [2.75, 3.05) is 13.7 Å². The number of benzene rings is 2. The summed E-state index contributed by atoms with van der Waals surface area (Å²) >= 11 is 0. The minimum absolute atomic E-state index is 0.0180. The lowest BCUT2D eigenvalue weighted by Gasteiger charge is -2.21. The molecule has 166 valence electrons. The predicted molar refractivity (Wildman–Crippen MR) is 128 cm³/mol. The molecule has 1 aliphatic rings. The third kappa shape index (κ3) is 3.53. The molecule has 1 aliphatic carbocycles. The average molecular weight is 431 g/mol. The maximum absolute atomic E-state index is 13.8. The molecule has 0 saturated carbocycles. The number of aromatic nitrogens is 3. The molecule has 0 amide bonds.